The van der Waals surface area contributed by atoms with Gasteiger partial charge in [-0.15, -0.1) is 11.3 Å². The number of esters is 1. The van der Waals surface area contributed by atoms with Crippen LogP contribution in [0.2, 0.25) is 5.02 Å². The van der Waals surface area contributed by atoms with Gasteiger partial charge in [-0.1, -0.05) is 23.8 Å². The fourth-order valence-electron chi connectivity index (χ4n) is 2.24. The highest BCUT2D eigenvalue weighted by Crippen LogP contribution is 2.46. The van der Waals surface area contributed by atoms with Crippen LogP contribution in [-0.2, 0) is 14.3 Å². The predicted molar refractivity (Wildman–Crippen MR) is 113 cm³/mol. The molecule has 1 aromatic heterocycles. The van der Waals surface area contributed by atoms with Gasteiger partial charge in [-0.2, -0.15) is 0 Å². The molecule has 0 radical (unpaired) electrons. The Kier molecular flexibility index (Phi) is 9.82. The molecule has 2 atom stereocenters. The minimum absolute atomic E-state index is 0.0248. The van der Waals surface area contributed by atoms with Crippen molar-refractivity contribution in [3.05, 3.63) is 38.7 Å². The third-order valence-corrected chi connectivity index (χ3v) is 5.29. The second-order valence-electron chi connectivity index (χ2n) is 6.97. The summed E-state index contributed by atoms with van der Waals surface area (Å²) in [6, 6.07) is 0. The predicted octanol–water partition coefficient (Wildman–Crippen LogP) is 4.42. The Balaban J connectivity index is 0.000000960. The first-order valence-corrected chi connectivity index (χ1v) is 10.2. The number of thiophene rings is 1. The molecule has 6 nitrogen and oxygen atoms in total. The van der Waals surface area contributed by atoms with Gasteiger partial charge in [-0.25, -0.2) is 9.18 Å². The van der Waals surface area contributed by atoms with Crippen molar-refractivity contribution in [3.8, 4) is 5.75 Å². The molecule has 0 aromatic carbocycles. The van der Waals surface area contributed by atoms with Gasteiger partial charge in [0.15, 0.2) is 23.1 Å². The molecule has 9 heteroatoms. The first-order chi connectivity index (χ1) is 13.6. The number of hydrogen-bond donors (Lipinski definition) is 1. The number of alkyl halides is 1. The number of ether oxygens (including phenoxy) is 3. The molecule has 1 aliphatic carbocycles. The highest BCUT2D eigenvalue weighted by atomic mass is 35.5. The average molecular weight is 448 g/mol. The molecule has 162 valence electrons. The van der Waals surface area contributed by atoms with Gasteiger partial charge in [0.1, 0.15) is 12.2 Å². The zero-order chi connectivity index (χ0) is 22.2. The molecule has 0 spiro atoms. The van der Waals surface area contributed by atoms with E-state index in [1.54, 1.807) is 40.0 Å². The minimum Gasteiger partial charge on any atom is -0.483 e. The van der Waals surface area contributed by atoms with Gasteiger partial charge in [-0.3, -0.25) is 4.79 Å². The molecule has 2 N–H and O–H groups in total. The van der Waals surface area contributed by atoms with Crippen molar-refractivity contribution in [1.82, 2.24) is 0 Å². The van der Waals surface area contributed by atoms with Crippen LogP contribution in [-0.4, -0.2) is 44.4 Å². The van der Waals surface area contributed by atoms with E-state index in [-0.39, 0.29) is 28.0 Å². The van der Waals surface area contributed by atoms with E-state index >= 15 is 0 Å². The van der Waals surface area contributed by atoms with E-state index in [0.717, 1.165) is 17.9 Å². The summed E-state index contributed by atoms with van der Waals surface area (Å²) in [5.74, 6) is -1.36. The van der Waals surface area contributed by atoms with Crippen LogP contribution in [0.1, 0.15) is 48.2 Å². The molecule has 0 bridgehead atoms. The standard InChI is InChI=1S/C17H19ClFNO4S.C3H8O/c1-17(2,3)24-16(22)15-13(23-8-7-21)11(18)14(25-15)9-5-4-6-10(20)12(9)19;1-3-4-2/h4-7,9,12H,8,20H2,1-3H3;3H2,1-2H3. The first kappa shape index (κ1) is 25.1. The third-order valence-electron chi connectivity index (χ3n) is 3.55. The van der Waals surface area contributed by atoms with Crippen LogP contribution in [0.3, 0.4) is 0 Å². The summed E-state index contributed by atoms with van der Waals surface area (Å²) in [6.07, 6.45) is 3.78. The maximum absolute atomic E-state index is 14.5. The van der Waals surface area contributed by atoms with Crippen LogP contribution >= 0.6 is 22.9 Å². The topological polar surface area (TPSA) is 87.9 Å². The monoisotopic (exact) mass is 447 g/mol. The van der Waals surface area contributed by atoms with E-state index in [9.17, 15) is 14.0 Å². The zero-order valence-corrected chi connectivity index (χ0v) is 18.7. The quantitative estimate of drug-likeness (QED) is 0.513. The van der Waals surface area contributed by atoms with Gasteiger partial charge in [-0.05, 0) is 33.8 Å². The fourth-order valence-corrected chi connectivity index (χ4v) is 3.80. The van der Waals surface area contributed by atoms with Crippen LogP contribution in [0.25, 0.3) is 0 Å². The summed E-state index contributed by atoms with van der Waals surface area (Å²) < 4.78 is 29.7. The molecule has 2 unspecified atom stereocenters. The van der Waals surface area contributed by atoms with Gasteiger partial charge in [0.2, 0.25) is 0 Å². The first-order valence-electron chi connectivity index (χ1n) is 8.96. The second-order valence-corrected chi connectivity index (χ2v) is 8.40. The number of halogens is 2. The van der Waals surface area contributed by atoms with Crippen LogP contribution < -0.4 is 10.5 Å². The maximum atomic E-state index is 14.5. The van der Waals surface area contributed by atoms with Gasteiger partial charge < -0.3 is 19.9 Å². The van der Waals surface area contributed by atoms with Crippen molar-refractivity contribution in [2.75, 3.05) is 20.3 Å². The number of carbonyl (C=O) groups is 2. The largest absolute Gasteiger partial charge is 0.483 e. The molecule has 1 aromatic rings. The number of rotatable bonds is 6. The highest BCUT2D eigenvalue weighted by molar-refractivity contribution is 7.15. The van der Waals surface area contributed by atoms with Crippen molar-refractivity contribution >= 4 is 35.2 Å². The Morgan fingerprint density at radius 1 is 1.41 bits per heavy atom. The number of aldehydes is 1. The summed E-state index contributed by atoms with van der Waals surface area (Å²) in [7, 11) is 1.68. The van der Waals surface area contributed by atoms with E-state index in [2.05, 4.69) is 4.74 Å². The average Bonchev–Trinajstić information content (AvgIpc) is 2.97. The molecular weight excluding hydrogens is 421 g/mol. The summed E-state index contributed by atoms with van der Waals surface area (Å²) in [5.41, 5.74) is 5.00. The van der Waals surface area contributed by atoms with E-state index in [1.807, 2.05) is 6.92 Å². The molecule has 0 fully saturated rings. The minimum atomic E-state index is -1.47. The molecule has 0 saturated carbocycles. The van der Waals surface area contributed by atoms with Crippen molar-refractivity contribution in [2.24, 2.45) is 5.73 Å². The summed E-state index contributed by atoms with van der Waals surface area (Å²) in [6.45, 7) is 7.66. The van der Waals surface area contributed by atoms with E-state index in [4.69, 9.17) is 26.8 Å². The summed E-state index contributed by atoms with van der Waals surface area (Å²) in [5, 5.41) is 0.0831. The molecule has 0 saturated heterocycles. The number of hydrogen-bond acceptors (Lipinski definition) is 7. The van der Waals surface area contributed by atoms with E-state index in [0.29, 0.717) is 11.2 Å². The zero-order valence-electron chi connectivity index (χ0n) is 17.2. The Bertz CT molecular complexity index is 768. The van der Waals surface area contributed by atoms with Gasteiger partial charge >= 0.3 is 5.97 Å². The SMILES string of the molecule is CC(C)(C)OC(=O)c1sc(C2C=CC=C(N)C2F)c(Cl)c1OCC=O.CCOC. The molecule has 2 rings (SSSR count). The lowest BCUT2D eigenvalue weighted by atomic mass is 9.95. The smallest absolute Gasteiger partial charge is 0.352 e. The van der Waals surface area contributed by atoms with Crippen LogP contribution in [0.4, 0.5) is 4.39 Å². The van der Waals surface area contributed by atoms with Crippen molar-refractivity contribution in [1.29, 1.82) is 0 Å². The molecule has 0 aliphatic heterocycles. The van der Waals surface area contributed by atoms with Crippen molar-refractivity contribution < 1.29 is 28.2 Å². The number of carbonyl (C=O) groups excluding carboxylic acids is 2. The molecule has 1 heterocycles. The molecule has 0 amide bonds. The summed E-state index contributed by atoms with van der Waals surface area (Å²) >= 11 is 7.30. The highest BCUT2D eigenvalue weighted by Gasteiger charge is 2.34. The van der Waals surface area contributed by atoms with Crippen LogP contribution in [0.5, 0.6) is 5.75 Å². The van der Waals surface area contributed by atoms with Crippen LogP contribution in [0.15, 0.2) is 23.9 Å². The van der Waals surface area contributed by atoms with E-state index < -0.39 is 23.7 Å². The normalized spacial score (nSPS) is 18.4. The van der Waals surface area contributed by atoms with Gasteiger partial charge in [0.25, 0.3) is 0 Å². The van der Waals surface area contributed by atoms with E-state index in [1.165, 1.54) is 6.08 Å². The lowest BCUT2D eigenvalue weighted by Crippen LogP contribution is -2.23. The van der Waals surface area contributed by atoms with Gasteiger partial charge in [0.05, 0.1) is 10.9 Å². The number of nitrogens with two attached hydrogens (primary N) is 1. The number of methoxy groups -OCH3 is 1. The number of allylic oxidation sites excluding steroid dienone is 4. The lowest BCUT2D eigenvalue weighted by molar-refractivity contribution is -0.109. The molecule has 29 heavy (non-hydrogen) atoms. The van der Waals surface area contributed by atoms with Crippen molar-refractivity contribution in [2.45, 2.75) is 45.4 Å². The Labute approximate surface area is 179 Å². The summed E-state index contributed by atoms with van der Waals surface area (Å²) in [4.78, 5) is 23.6. The third kappa shape index (κ3) is 7.13. The molecular formula is C20H27ClFNO5S. The Morgan fingerprint density at radius 2 is 2.03 bits per heavy atom. The van der Waals surface area contributed by atoms with Gasteiger partial charge in [0, 0.05) is 24.3 Å². The molecule has 1 aliphatic rings. The second kappa shape index (κ2) is 11.3. The fraction of sp³-hybridized carbons (Fsp3) is 0.500. The Morgan fingerprint density at radius 3 is 2.55 bits per heavy atom. The Hall–Kier alpha value is -1.90. The lowest BCUT2D eigenvalue weighted by Gasteiger charge is -2.20. The van der Waals surface area contributed by atoms with Crippen molar-refractivity contribution in [3.63, 3.8) is 0 Å². The maximum Gasteiger partial charge on any atom is 0.352 e. The van der Waals surface area contributed by atoms with Crippen LogP contribution in [0, 0.1) is 0 Å².